The zero-order valence-corrected chi connectivity index (χ0v) is 23.3. The highest BCUT2D eigenvalue weighted by molar-refractivity contribution is 7.80. The Bertz CT molecular complexity index is 1660. The lowest BCUT2D eigenvalue weighted by atomic mass is 10.0. The normalized spacial score (nSPS) is 16.2. The van der Waals surface area contributed by atoms with Gasteiger partial charge in [-0.25, -0.2) is 9.59 Å². The van der Waals surface area contributed by atoms with Gasteiger partial charge in [-0.2, -0.15) is 0 Å². The molecule has 2 aromatic carbocycles. The zero-order valence-electron chi connectivity index (χ0n) is 22.5. The summed E-state index contributed by atoms with van der Waals surface area (Å²) in [5, 5.41) is 25.6. The van der Waals surface area contributed by atoms with Crippen molar-refractivity contribution in [3.05, 3.63) is 101 Å². The van der Waals surface area contributed by atoms with Gasteiger partial charge in [-0.15, -0.1) is 0 Å². The monoisotopic (exact) mass is 586 g/mol. The van der Waals surface area contributed by atoms with Crippen LogP contribution in [0.1, 0.15) is 49.8 Å². The Morgan fingerprint density at radius 2 is 1.79 bits per heavy atom. The summed E-state index contributed by atoms with van der Waals surface area (Å²) in [4.78, 5) is 41.8. The molecule has 2 aromatic heterocycles. The molecule has 42 heavy (non-hydrogen) atoms. The van der Waals surface area contributed by atoms with Crippen LogP contribution >= 0.6 is 12.2 Å². The molecule has 1 aliphatic heterocycles. The predicted molar refractivity (Wildman–Crippen MR) is 158 cm³/mol. The van der Waals surface area contributed by atoms with E-state index in [9.17, 15) is 24.6 Å². The number of benzene rings is 2. The predicted octanol–water partition coefficient (Wildman–Crippen LogP) is 4.81. The third kappa shape index (κ3) is 5.71. The number of carboxylic acid groups (broad SMARTS) is 2. The molecule has 3 heterocycles. The maximum absolute atomic E-state index is 12.1. The molecule has 0 aliphatic carbocycles. The van der Waals surface area contributed by atoms with Crippen molar-refractivity contribution in [1.82, 2.24) is 10.3 Å². The van der Waals surface area contributed by atoms with E-state index in [-0.39, 0.29) is 23.6 Å². The van der Waals surface area contributed by atoms with Gasteiger partial charge in [0, 0.05) is 30.2 Å². The van der Waals surface area contributed by atoms with Crippen LogP contribution in [-0.2, 0) is 9.53 Å². The van der Waals surface area contributed by atoms with E-state index >= 15 is 0 Å². The number of carboxylic acids is 2. The van der Waals surface area contributed by atoms with E-state index < -0.39 is 24.0 Å². The first-order chi connectivity index (χ1) is 20.2. The van der Waals surface area contributed by atoms with E-state index in [0.29, 0.717) is 33.6 Å². The van der Waals surface area contributed by atoms with E-state index in [1.165, 1.54) is 19.2 Å². The van der Waals surface area contributed by atoms with Crippen molar-refractivity contribution in [3.8, 4) is 11.3 Å². The minimum Gasteiger partial charge on any atom is -0.478 e. The Morgan fingerprint density at radius 3 is 2.40 bits per heavy atom. The number of rotatable bonds is 9. The lowest BCUT2D eigenvalue weighted by Gasteiger charge is -2.27. The second kappa shape index (κ2) is 11.8. The SMILES string of the molecule is COCC(=O)Nc1ccc(N2C(=S)NC(c3ccccn3)C2c2ccc(-c3cc(C(=O)O)cc(C(=O)O)c3)o2)cc1C. The van der Waals surface area contributed by atoms with Gasteiger partial charge in [-0.1, -0.05) is 6.07 Å². The fourth-order valence-electron chi connectivity index (χ4n) is 4.86. The lowest BCUT2D eigenvalue weighted by Crippen LogP contribution is -2.29. The van der Waals surface area contributed by atoms with Crippen molar-refractivity contribution in [2.75, 3.05) is 23.9 Å². The molecule has 0 saturated carbocycles. The highest BCUT2D eigenvalue weighted by Crippen LogP contribution is 2.43. The van der Waals surface area contributed by atoms with Crippen LogP contribution in [0.4, 0.5) is 11.4 Å². The van der Waals surface area contributed by atoms with Crippen LogP contribution in [-0.4, -0.2) is 51.9 Å². The number of thiocarbonyl (C=S) groups is 1. The number of aromatic carboxylic acids is 2. The molecule has 5 rings (SSSR count). The second-order valence-electron chi connectivity index (χ2n) is 9.59. The minimum atomic E-state index is -1.25. The number of carbonyl (C=O) groups is 3. The average molecular weight is 587 g/mol. The third-order valence-electron chi connectivity index (χ3n) is 6.77. The first kappa shape index (κ1) is 28.5. The van der Waals surface area contributed by atoms with Crippen LogP contribution in [0.25, 0.3) is 11.3 Å². The van der Waals surface area contributed by atoms with Crippen LogP contribution in [0.15, 0.2) is 77.3 Å². The van der Waals surface area contributed by atoms with E-state index in [1.807, 2.05) is 42.2 Å². The number of aryl methyl sites for hydroxylation is 1. The Hall–Kier alpha value is -5.07. The molecule has 0 spiro atoms. The van der Waals surface area contributed by atoms with E-state index in [4.69, 9.17) is 21.4 Å². The van der Waals surface area contributed by atoms with Crippen LogP contribution in [0.2, 0.25) is 0 Å². The maximum atomic E-state index is 12.1. The number of furan rings is 1. The molecule has 214 valence electrons. The van der Waals surface area contributed by atoms with Gasteiger partial charge >= 0.3 is 11.9 Å². The number of amides is 1. The number of aromatic nitrogens is 1. The number of methoxy groups -OCH3 is 1. The summed E-state index contributed by atoms with van der Waals surface area (Å²) < 4.78 is 11.2. The Balaban J connectivity index is 1.57. The smallest absolute Gasteiger partial charge is 0.335 e. The van der Waals surface area contributed by atoms with E-state index in [1.54, 1.807) is 24.4 Å². The van der Waals surface area contributed by atoms with Crippen molar-refractivity contribution in [3.63, 3.8) is 0 Å². The summed E-state index contributed by atoms with van der Waals surface area (Å²) >= 11 is 5.78. The lowest BCUT2D eigenvalue weighted by molar-refractivity contribution is -0.119. The van der Waals surface area contributed by atoms with Gasteiger partial charge in [0.05, 0.1) is 22.9 Å². The molecule has 2 atom stereocenters. The van der Waals surface area contributed by atoms with Gasteiger partial charge < -0.3 is 34.9 Å². The molecule has 1 fully saturated rings. The van der Waals surface area contributed by atoms with Gasteiger partial charge in [0.15, 0.2) is 5.11 Å². The van der Waals surface area contributed by atoms with Crippen molar-refractivity contribution < 1.29 is 33.8 Å². The van der Waals surface area contributed by atoms with E-state index in [0.717, 1.165) is 17.3 Å². The number of nitrogens with zero attached hydrogens (tertiary/aromatic N) is 2. The fraction of sp³-hybridized carbons (Fsp3) is 0.167. The molecule has 1 amide bonds. The summed E-state index contributed by atoms with van der Waals surface area (Å²) in [7, 11) is 1.45. The molecule has 1 saturated heterocycles. The Labute approximate surface area is 245 Å². The van der Waals surface area contributed by atoms with Gasteiger partial charge in [0.1, 0.15) is 24.2 Å². The summed E-state index contributed by atoms with van der Waals surface area (Å²) in [6.07, 6.45) is 1.68. The Morgan fingerprint density at radius 1 is 1.05 bits per heavy atom. The van der Waals surface area contributed by atoms with Gasteiger partial charge in [0.2, 0.25) is 5.91 Å². The van der Waals surface area contributed by atoms with Gasteiger partial charge in [-0.05, 0) is 85.4 Å². The molecule has 0 bridgehead atoms. The molecule has 0 radical (unpaired) electrons. The number of anilines is 2. The summed E-state index contributed by atoms with van der Waals surface area (Å²) in [5.74, 6) is -2.01. The number of hydrogen-bond acceptors (Lipinski definition) is 7. The molecule has 4 N–H and O–H groups in total. The Kier molecular flexibility index (Phi) is 8.00. The van der Waals surface area contributed by atoms with Crippen LogP contribution in [0.5, 0.6) is 0 Å². The molecule has 12 heteroatoms. The third-order valence-corrected chi connectivity index (χ3v) is 7.08. The van der Waals surface area contributed by atoms with Crippen LogP contribution in [0, 0.1) is 6.92 Å². The second-order valence-corrected chi connectivity index (χ2v) is 9.98. The first-order valence-corrected chi connectivity index (χ1v) is 13.2. The van der Waals surface area contributed by atoms with Gasteiger partial charge in [0.25, 0.3) is 0 Å². The molecular formula is C30H26N4O7S. The highest BCUT2D eigenvalue weighted by atomic mass is 32.1. The highest BCUT2D eigenvalue weighted by Gasteiger charge is 2.42. The largest absolute Gasteiger partial charge is 0.478 e. The molecular weight excluding hydrogens is 560 g/mol. The molecule has 4 aromatic rings. The molecule has 11 nitrogen and oxygen atoms in total. The zero-order chi connectivity index (χ0) is 30.0. The van der Waals surface area contributed by atoms with Crippen molar-refractivity contribution in [1.29, 1.82) is 0 Å². The fourth-order valence-corrected chi connectivity index (χ4v) is 5.21. The topological polar surface area (TPSA) is 154 Å². The number of hydrogen-bond donors (Lipinski definition) is 4. The number of pyridine rings is 1. The number of carbonyl (C=O) groups excluding carboxylic acids is 1. The van der Waals surface area contributed by atoms with Crippen LogP contribution in [0.3, 0.4) is 0 Å². The van der Waals surface area contributed by atoms with E-state index in [2.05, 4.69) is 15.6 Å². The van der Waals surface area contributed by atoms with Crippen molar-refractivity contribution >= 4 is 46.6 Å². The average Bonchev–Trinajstić information content (AvgIpc) is 3.59. The molecule has 1 aliphatic rings. The number of ether oxygens (including phenoxy) is 1. The maximum Gasteiger partial charge on any atom is 0.335 e. The van der Waals surface area contributed by atoms with Gasteiger partial charge in [-0.3, -0.25) is 9.78 Å². The first-order valence-electron chi connectivity index (χ1n) is 12.8. The number of nitrogens with one attached hydrogen (secondary N) is 2. The van der Waals surface area contributed by atoms with Crippen molar-refractivity contribution in [2.45, 2.75) is 19.0 Å². The minimum absolute atomic E-state index is 0.0701. The quantitative estimate of drug-likeness (QED) is 0.200. The molecule has 2 unspecified atom stereocenters. The standard InChI is InChI=1S/C30H26N4O7S/c1-16-11-20(6-7-21(16)32-25(35)15-40-2)34-27(26(33-30(34)42)22-5-3-4-10-31-22)24-9-8-23(41-24)17-12-18(28(36)37)14-19(13-17)29(38)39/h3-14,26-27H,15H2,1-2H3,(H,32,35)(H,33,42)(H,36,37)(H,38,39). The summed E-state index contributed by atoms with van der Waals surface area (Å²) in [6.45, 7) is 1.80. The summed E-state index contributed by atoms with van der Waals surface area (Å²) in [5.41, 5.74) is 2.83. The van der Waals surface area contributed by atoms with Crippen LogP contribution < -0.4 is 15.5 Å². The van der Waals surface area contributed by atoms with Crippen molar-refractivity contribution in [2.24, 2.45) is 0 Å². The summed E-state index contributed by atoms with van der Waals surface area (Å²) in [6, 6.07) is 17.4.